The zero-order valence-electron chi connectivity index (χ0n) is 12.8. The standard InChI is InChI=1S/C16H22ClN3S/c1-4-10-18-15(16-14(17)11-19-20(16)3)12-6-8-13(9-7-12)21-5-2/h6-9,11,15,18H,4-5,10H2,1-3H3. The van der Waals surface area contributed by atoms with Crippen molar-refractivity contribution in [3.8, 4) is 0 Å². The Morgan fingerprint density at radius 3 is 2.52 bits per heavy atom. The topological polar surface area (TPSA) is 29.9 Å². The van der Waals surface area contributed by atoms with Crippen LogP contribution in [0.1, 0.15) is 37.6 Å². The molecule has 0 spiro atoms. The monoisotopic (exact) mass is 323 g/mol. The van der Waals surface area contributed by atoms with Crippen molar-refractivity contribution in [2.75, 3.05) is 12.3 Å². The second-order valence-electron chi connectivity index (χ2n) is 4.89. The highest BCUT2D eigenvalue weighted by Crippen LogP contribution is 2.29. The molecule has 0 amide bonds. The predicted molar refractivity (Wildman–Crippen MR) is 91.2 cm³/mol. The molecule has 114 valence electrons. The number of halogens is 1. The Kier molecular flexibility index (Phi) is 6.15. The van der Waals surface area contributed by atoms with Gasteiger partial charge in [-0.25, -0.2) is 0 Å². The highest BCUT2D eigenvalue weighted by molar-refractivity contribution is 7.99. The van der Waals surface area contributed by atoms with E-state index in [4.69, 9.17) is 11.6 Å². The van der Waals surface area contributed by atoms with Gasteiger partial charge in [-0.15, -0.1) is 11.8 Å². The molecule has 2 rings (SSSR count). The Labute approximate surface area is 136 Å². The van der Waals surface area contributed by atoms with Gasteiger partial charge in [-0.2, -0.15) is 5.10 Å². The van der Waals surface area contributed by atoms with Gasteiger partial charge >= 0.3 is 0 Å². The lowest BCUT2D eigenvalue weighted by Crippen LogP contribution is -2.25. The molecule has 1 unspecified atom stereocenters. The summed E-state index contributed by atoms with van der Waals surface area (Å²) < 4.78 is 1.85. The third-order valence-electron chi connectivity index (χ3n) is 3.33. The summed E-state index contributed by atoms with van der Waals surface area (Å²) >= 11 is 8.18. The molecule has 1 heterocycles. The van der Waals surface area contributed by atoms with Crippen LogP contribution in [0.15, 0.2) is 35.4 Å². The summed E-state index contributed by atoms with van der Waals surface area (Å²) in [6, 6.07) is 8.78. The Morgan fingerprint density at radius 2 is 2.00 bits per heavy atom. The molecule has 3 nitrogen and oxygen atoms in total. The average molecular weight is 324 g/mol. The summed E-state index contributed by atoms with van der Waals surface area (Å²) in [5.74, 6) is 1.09. The van der Waals surface area contributed by atoms with Crippen molar-refractivity contribution in [1.29, 1.82) is 0 Å². The Hall–Kier alpha value is -0.970. The summed E-state index contributed by atoms with van der Waals surface area (Å²) in [5.41, 5.74) is 2.23. The summed E-state index contributed by atoms with van der Waals surface area (Å²) in [4.78, 5) is 1.30. The zero-order valence-corrected chi connectivity index (χ0v) is 14.3. The van der Waals surface area contributed by atoms with E-state index < -0.39 is 0 Å². The molecule has 1 atom stereocenters. The maximum absolute atomic E-state index is 6.32. The number of thioether (sulfide) groups is 1. The molecule has 2 aromatic rings. The highest BCUT2D eigenvalue weighted by Gasteiger charge is 2.20. The van der Waals surface area contributed by atoms with Gasteiger partial charge in [0.15, 0.2) is 0 Å². The van der Waals surface area contributed by atoms with E-state index in [1.54, 1.807) is 6.20 Å². The summed E-state index contributed by atoms with van der Waals surface area (Å²) in [6.07, 6.45) is 2.79. The van der Waals surface area contributed by atoms with Crippen LogP contribution in [0.25, 0.3) is 0 Å². The van der Waals surface area contributed by atoms with Crippen LogP contribution in [-0.4, -0.2) is 22.1 Å². The van der Waals surface area contributed by atoms with Gasteiger partial charge in [-0.05, 0) is 36.4 Å². The smallest absolute Gasteiger partial charge is 0.0837 e. The second kappa shape index (κ2) is 7.87. The number of nitrogens with zero attached hydrogens (tertiary/aromatic N) is 2. The lowest BCUT2D eigenvalue weighted by Gasteiger charge is -2.20. The van der Waals surface area contributed by atoms with Crippen LogP contribution in [0, 0.1) is 0 Å². The van der Waals surface area contributed by atoms with Gasteiger partial charge in [-0.1, -0.05) is 37.6 Å². The van der Waals surface area contributed by atoms with Crippen molar-refractivity contribution in [3.63, 3.8) is 0 Å². The van der Waals surface area contributed by atoms with Crippen LogP contribution in [-0.2, 0) is 7.05 Å². The lowest BCUT2D eigenvalue weighted by atomic mass is 10.0. The molecule has 0 radical (unpaired) electrons. The SMILES string of the molecule is CCCNC(c1ccc(SCC)cc1)c1c(Cl)cnn1C. The lowest BCUT2D eigenvalue weighted by molar-refractivity contribution is 0.553. The number of hydrogen-bond donors (Lipinski definition) is 1. The predicted octanol–water partition coefficient (Wildman–Crippen LogP) is 4.27. The molecular formula is C16H22ClN3S. The van der Waals surface area contributed by atoms with Gasteiger partial charge in [0.1, 0.15) is 0 Å². The van der Waals surface area contributed by atoms with E-state index in [1.807, 2.05) is 23.5 Å². The second-order valence-corrected chi connectivity index (χ2v) is 6.64. The molecule has 0 saturated heterocycles. The molecule has 0 aliphatic rings. The van der Waals surface area contributed by atoms with E-state index in [0.29, 0.717) is 5.02 Å². The van der Waals surface area contributed by atoms with Gasteiger partial charge in [0.05, 0.1) is 23.0 Å². The minimum atomic E-state index is 0.0747. The van der Waals surface area contributed by atoms with E-state index in [-0.39, 0.29) is 6.04 Å². The highest BCUT2D eigenvalue weighted by atomic mass is 35.5. The number of rotatable bonds is 7. The van der Waals surface area contributed by atoms with Crippen LogP contribution in [0.4, 0.5) is 0 Å². The fraction of sp³-hybridized carbons (Fsp3) is 0.438. The number of nitrogens with one attached hydrogen (secondary N) is 1. The van der Waals surface area contributed by atoms with Gasteiger partial charge in [-0.3, -0.25) is 4.68 Å². The molecule has 0 aliphatic carbocycles. The van der Waals surface area contributed by atoms with Gasteiger partial charge in [0.25, 0.3) is 0 Å². The van der Waals surface area contributed by atoms with Crippen molar-refractivity contribution in [2.45, 2.75) is 31.2 Å². The average Bonchev–Trinajstić information content (AvgIpc) is 2.81. The molecule has 5 heteroatoms. The number of benzene rings is 1. The molecule has 0 aliphatic heterocycles. The number of aromatic nitrogens is 2. The first kappa shape index (κ1) is 16.4. The zero-order chi connectivity index (χ0) is 15.2. The first-order valence-electron chi connectivity index (χ1n) is 7.30. The molecule has 0 fully saturated rings. The summed E-state index contributed by atoms with van der Waals surface area (Å²) in [6.45, 7) is 5.27. The molecule has 1 aromatic carbocycles. The third-order valence-corrected chi connectivity index (χ3v) is 4.52. The summed E-state index contributed by atoms with van der Waals surface area (Å²) in [7, 11) is 1.93. The fourth-order valence-electron chi connectivity index (χ4n) is 2.33. The number of hydrogen-bond acceptors (Lipinski definition) is 3. The number of aryl methyl sites for hydroxylation is 1. The Morgan fingerprint density at radius 1 is 1.29 bits per heavy atom. The van der Waals surface area contributed by atoms with Crippen LogP contribution in [0.2, 0.25) is 5.02 Å². The van der Waals surface area contributed by atoms with Crippen LogP contribution >= 0.6 is 23.4 Å². The van der Waals surface area contributed by atoms with Gasteiger partial charge in [0.2, 0.25) is 0 Å². The van der Waals surface area contributed by atoms with Crippen molar-refractivity contribution in [3.05, 3.63) is 46.7 Å². The third kappa shape index (κ3) is 4.02. The van der Waals surface area contributed by atoms with E-state index >= 15 is 0 Å². The van der Waals surface area contributed by atoms with E-state index in [9.17, 15) is 0 Å². The van der Waals surface area contributed by atoms with Crippen molar-refractivity contribution < 1.29 is 0 Å². The minimum absolute atomic E-state index is 0.0747. The van der Waals surface area contributed by atoms with Crippen LogP contribution < -0.4 is 5.32 Å². The van der Waals surface area contributed by atoms with Crippen LogP contribution in [0.5, 0.6) is 0 Å². The van der Waals surface area contributed by atoms with Gasteiger partial charge in [0, 0.05) is 11.9 Å². The summed E-state index contributed by atoms with van der Waals surface area (Å²) in [5, 5.41) is 8.53. The Balaban J connectivity index is 2.31. The van der Waals surface area contributed by atoms with E-state index in [0.717, 1.165) is 24.4 Å². The minimum Gasteiger partial charge on any atom is -0.305 e. The maximum atomic E-state index is 6.32. The van der Waals surface area contributed by atoms with Crippen LogP contribution in [0.3, 0.4) is 0 Å². The quantitative estimate of drug-likeness (QED) is 0.771. The van der Waals surface area contributed by atoms with E-state index in [2.05, 4.69) is 48.5 Å². The van der Waals surface area contributed by atoms with E-state index in [1.165, 1.54) is 10.5 Å². The Bertz CT molecular complexity index is 546. The molecular weight excluding hydrogens is 302 g/mol. The molecule has 21 heavy (non-hydrogen) atoms. The molecule has 0 saturated carbocycles. The molecule has 0 bridgehead atoms. The first-order chi connectivity index (χ1) is 10.2. The van der Waals surface area contributed by atoms with Crippen molar-refractivity contribution in [2.24, 2.45) is 7.05 Å². The van der Waals surface area contributed by atoms with Crippen molar-refractivity contribution in [1.82, 2.24) is 15.1 Å². The fourth-order valence-corrected chi connectivity index (χ4v) is 3.27. The largest absolute Gasteiger partial charge is 0.305 e. The molecule has 1 aromatic heterocycles. The first-order valence-corrected chi connectivity index (χ1v) is 8.67. The normalized spacial score (nSPS) is 12.6. The van der Waals surface area contributed by atoms with Gasteiger partial charge < -0.3 is 5.32 Å². The molecule has 1 N–H and O–H groups in total. The van der Waals surface area contributed by atoms with Crippen molar-refractivity contribution >= 4 is 23.4 Å². The maximum Gasteiger partial charge on any atom is 0.0837 e.